The Balaban J connectivity index is 2.08. The summed E-state index contributed by atoms with van der Waals surface area (Å²) in [6, 6.07) is 4.26. The van der Waals surface area contributed by atoms with E-state index in [2.05, 4.69) is 15.5 Å². The van der Waals surface area contributed by atoms with E-state index in [0.29, 0.717) is 6.07 Å². The number of rotatable bonds is 4. The molecule has 27 heavy (non-hydrogen) atoms. The third-order valence-corrected chi connectivity index (χ3v) is 4.83. The first-order valence-electron chi connectivity index (χ1n) is 7.29. The van der Waals surface area contributed by atoms with E-state index in [1.54, 1.807) is 12.1 Å². The van der Waals surface area contributed by atoms with Gasteiger partial charge in [-0.05, 0) is 17.5 Å². The Hall–Kier alpha value is -2.79. The molecule has 0 spiro atoms. The van der Waals surface area contributed by atoms with Crippen LogP contribution >= 0.6 is 22.9 Å². The smallest absolute Gasteiger partial charge is 0.409 e. The van der Waals surface area contributed by atoms with E-state index in [4.69, 9.17) is 22.5 Å². The molecule has 0 aliphatic heterocycles. The van der Waals surface area contributed by atoms with Gasteiger partial charge in [-0.15, -0.1) is 11.3 Å². The van der Waals surface area contributed by atoms with Crippen molar-refractivity contribution in [1.82, 2.24) is 14.7 Å². The number of hydrogen-bond acceptors (Lipinski definition) is 5. The molecule has 3 rings (SSSR count). The molecule has 4 N–H and O–H groups in total. The van der Waals surface area contributed by atoms with E-state index in [-0.39, 0.29) is 23.0 Å². The van der Waals surface area contributed by atoms with Crippen molar-refractivity contribution < 1.29 is 23.2 Å². The maximum atomic E-state index is 13.4. The third-order valence-electron chi connectivity index (χ3n) is 3.59. The fourth-order valence-corrected chi connectivity index (χ4v) is 3.23. The second-order valence-electron chi connectivity index (χ2n) is 5.33. The zero-order valence-electron chi connectivity index (χ0n) is 13.3. The summed E-state index contributed by atoms with van der Waals surface area (Å²) in [6.45, 7) is 0.183. The number of aromatic nitrogens is 2. The van der Waals surface area contributed by atoms with Gasteiger partial charge in [0.15, 0.2) is 17.2 Å². The van der Waals surface area contributed by atoms with E-state index < -0.39 is 29.1 Å². The van der Waals surface area contributed by atoms with Crippen molar-refractivity contribution in [2.24, 2.45) is 10.9 Å². The lowest BCUT2D eigenvalue weighted by molar-refractivity contribution is -0.136. The topological polar surface area (TPSA) is 105 Å². The summed E-state index contributed by atoms with van der Waals surface area (Å²) in [6.07, 6.45) is -3.70. The number of carbonyl (C=O) groups is 1. The number of oxime groups is 1. The van der Waals surface area contributed by atoms with Crippen LogP contribution in [0.5, 0.6) is 0 Å². The molecule has 3 aromatic rings. The van der Waals surface area contributed by atoms with Gasteiger partial charge in [-0.2, -0.15) is 13.2 Å². The molecule has 7 nitrogen and oxygen atoms in total. The van der Waals surface area contributed by atoms with Gasteiger partial charge in [0, 0.05) is 16.6 Å². The van der Waals surface area contributed by atoms with Gasteiger partial charge in [0.2, 0.25) is 0 Å². The highest BCUT2D eigenvalue weighted by atomic mass is 35.5. The minimum atomic E-state index is -4.80. The van der Waals surface area contributed by atoms with Crippen LogP contribution in [0.25, 0.3) is 5.65 Å². The van der Waals surface area contributed by atoms with E-state index in [0.717, 1.165) is 15.5 Å². The Labute approximate surface area is 158 Å². The average molecular weight is 418 g/mol. The van der Waals surface area contributed by atoms with Crippen LogP contribution in [0.1, 0.15) is 26.5 Å². The molecule has 0 aromatic carbocycles. The minimum absolute atomic E-state index is 0.183. The van der Waals surface area contributed by atoms with Crippen LogP contribution in [0.15, 0.2) is 34.9 Å². The third kappa shape index (κ3) is 3.69. The number of nitrogens with zero attached hydrogens (tertiary/aromatic N) is 3. The Bertz CT molecular complexity index is 1030. The van der Waals surface area contributed by atoms with Crippen molar-refractivity contribution >= 4 is 40.3 Å². The molecule has 0 atom stereocenters. The van der Waals surface area contributed by atoms with Crippen molar-refractivity contribution in [3.05, 3.63) is 56.6 Å². The van der Waals surface area contributed by atoms with Crippen molar-refractivity contribution in [2.75, 3.05) is 0 Å². The Morgan fingerprint density at radius 3 is 2.81 bits per heavy atom. The van der Waals surface area contributed by atoms with Gasteiger partial charge in [-0.3, -0.25) is 9.20 Å². The van der Waals surface area contributed by atoms with Crippen molar-refractivity contribution in [3.8, 4) is 0 Å². The summed E-state index contributed by atoms with van der Waals surface area (Å²) in [5.41, 5.74) is 3.05. The number of nitrogens with two attached hydrogens (primary N) is 1. The second kappa shape index (κ2) is 7.08. The maximum Gasteiger partial charge on any atom is 0.420 e. The number of amides is 1. The van der Waals surface area contributed by atoms with E-state index in [1.165, 1.54) is 11.3 Å². The molecule has 0 saturated carbocycles. The van der Waals surface area contributed by atoms with Crippen molar-refractivity contribution in [3.63, 3.8) is 0 Å². The standard InChI is InChI=1S/C15H11ClF3N5O2S/c16-11-10(14(25)21-5-8-2-1-3-27-8)22-13-9(15(17,18)19)4-7(6-24(11)13)12(20)23-26/h1-4,6,26H,5H2,(H2,20,23)(H,21,25). The lowest BCUT2D eigenvalue weighted by Gasteiger charge is -2.10. The van der Waals surface area contributed by atoms with E-state index in [1.807, 2.05) is 5.38 Å². The lowest BCUT2D eigenvalue weighted by atomic mass is 10.1. The molecule has 142 valence electrons. The van der Waals surface area contributed by atoms with E-state index >= 15 is 0 Å². The number of pyridine rings is 1. The molecule has 0 fully saturated rings. The highest BCUT2D eigenvalue weighted by molar-refractivity contribution is 7.09. The lowest BCUT2D eigenvalue weighted by Crippen LogP contribution is -2.23. The molecule has 1 amide bonds. The number of nitrogens with one attached hydrogen (secondary N) is 1. The molecular weight excluding hydrogens is 407 g/mol. The first-order valence-corrected chi connectivity index (χ1v) is 8.55. The average Bonchev–Trinajstić information content (AvgIpc) is 3.25. The summed E-state index contributed by atoms with van der Waals surface area (Å²) in [5.74, 6) is -1.27. The van der Waals surface area contributed by atoms with Crippen molar-refractivity contribution in [1.29, 1.82) is 0 Å². The summed E-state index contributed by atoms with van der Waals surface area (Å²) < 4.78 is 41.1. The quantitative estimate of drug-likeness (QED) is 0.262. The van der Waals surface area contributed by atoms with E-state index in [9.17, 15) is 18.0 Å². The molecule has 0 bridgehead atoms. The first-order chi connectivity index (χ1) is 12.7. The Morgan fingerprint density at radius 2 is 2.22 bits per heavy atom. The second-order valence-corrected chi connectivity index (χ2v) is 6.72. The fraction of sp³-hybridized carbons (Fsp3) is 0.133. The predicted octanol–water partition coefficient (Wildman–Crippen LogP) is 3.09. The van der Waals surface area contributed by atoms with Gasteiger partial charge in [0.25, 0.3) is 5.91 Å². The molecule has 3 aromatic heterocycles. The number of fused-ring (bicyclic) bond motifs is 1. The Kier molecular flexibility index (Phi) is 4.98. The molecule has 3 heterocycles. The molecule has 0 saturated heterocycles. The number of alkyl halides is 3. The van der Waals surface area contributed by atoms with Gasteiger partial charge in [0.1, 0.15) is 5.15 Å². The number of hydrogen-bond donors (Lipinski definition) is 3. The number of imidazole rings is 1. The normalized spacial score (nSPS) is 12.5. The highest BCUT2D eigenvalue weighted by Crippen LogP contribution is 2.34. The number of thiophene rings is 1. The van der Waals surface area contributed by atoms with Crippen LogP contribution in [0.3, 0.4) is 0 Å². The summed E-state index contributed by atoms with van der Waals surface area (Å²) in [7, 11) is 0. The van der Waals surface area contributed by atoms with Gasteiger partial charge in [-0.1, -0.05) is 22.8 Å². The van der Waals surface area contributed by atoms with Gasteiger partial charge in [0.05, 0.1) is 12.1 Å². The van der Waals surface area contributed by atoms with Crippen LogP contribution in [-0.2, 0) is 12.7 Å². The minimum Gasteiger partial charge on any atom is -0.409 e. The molecule has 12 heteroatoms. The van der Waals surface area contributed by atoms with Gasteiger partial charge in [-0.25, -0.2) is 4.98 Å². The van der Waals surface area contributed by atoms with Crippen LogP contribution in [0.2, 0.25) is 5.15 Å². The number of amidine groups is 1. The number of carbonyl (C=O) groups excluding carboxylic acids is 1. The van der Waals surface area contributed by atoms with Gasteiger partial charge >= 0.3 is 6.18 Å². The predicted molar refractivity (Wildman–Crippen MR) is 93.2 cm³/mol. The van der Waals surface area contributed by atoms with Crippen molar-refractivity contribution in [2.45, 2.75) is 12.7 Å². The number of halogens is 4. The van der Waals surface area contributed by atoms with Crippen LogP contribution in [0.4, 0.5) is 13.2 Å². The first kappa shape index (κ1) is 19.0. The summed E-state index contributed by atoms with van der Waals surface area (Å²) in [5, 5.41) is 15.5. The summed E-state index contributed by atoms with van der Waals surface area (Å²) >= 11 is 7.50. The maximum absolute atomic E-state index is 13.4. The zero-order valence-corrected chi connectivity index (χ0v) is 14.9. The molecular formula is C15H11ClF3N5O2S. The van der Waals surface area contributed by atoms with Gasteiger partial charge < -0.3 is 16.3 Å². The molecule has 0 unspecified atom stereocenters. The molecule has 0 aliphatic rings. The largest absolute Gasteiger partial charge is 0.420 e. The Morgan fingerprint density at radius 1 is 1.48 bits per heavy atom. The summed E-state index contributed by atoms with van der Waals surface area (Å²) in [4.78, 5) is 16.9. The highest BCUT2D eigenvalue weighted by Gasteiger charge is 2.36. The zero-order chi connectivity index (χ0) is 19.8. The molecule has 0 radical (unpaired) electrons. The van der Waals surface area contributed by atoms with Crippen LogP contribution in [-0.4, -0.2) is 26.3 Å². The van der Waals surface area contributed by atoms with Crippen LogP contribution in [0, 0.1) is 0 Å². The SMILES string of the molecule is N/C(=N\O)c1cc(C(F)(F)F)c2nc(C(=O)NCc3cccs3)c(Cl)n2c1. The molecule has 0 aliphatic carbocycles. The monoisotopic (exact) mass is 417 g/mol. The van der Waals surface area contributed by atoms with Crippen LogP contribution < -0.4 is 11.1 Å². The fourth-order valence-electron chi connectivity index (χ4n) is 2.33.